The summed E-state index contributed by atoms with van der Waals surface area (Å²) in [4.78, 5) is 8.87. The summed E-state index contributed by atoms with van der Waals surface area (Å²) in [6.07, 6.45) is 6.02. The molecule has 18 heavy (non-hydrogen) atoms. The van der Waals surface area contributed by atoms with Crippen LogP contribution in [0.5, 0.6) is 0 Å². The van der Waals surface area contributed by atoms with E-state index in [1.807, 2.05) is 12.4 Å². The monoisotopic (exact) mass is 248 g/mol. The summed E-state index contributed by atoms with van der Waals surface area (Å²) in [7, 11) is 4.38. The zero-order valence-corrected chi connectivity index (χ0v) is 11.5. The second kappa shape index (κ2) is 5.78. The average Bonchev–Trinajstić information content (AvgIpc) is 2.41. The highest BCUT2D eigenvalue weighted by atomic mass is 15.2. The Morgan fingerprint density at radius 3 is 2.50 bits per heavy atom. The quantitative estimate of drug-likeness (QED) is 0.861. The molecule has 4 heteroatoms. The lowest BCUT2D eigenvalue weighted by Crippen LogP contribution is -2.57. The van der Waals surface area contributed by atoms with Crippen LogP contribution in [-0.4, -0.2) is 54.1 Å². The topological polar surface area (TPSA) is 45.4 Å². The van der Waals surface area contributed by atoms with Crippen LogP contribution in [0, 0.1) is 0 Å². The molecule has 0 unspecified atom stereocenters. The third kappa shape index (κ3) is 2.88. The normalized spacial score (nSPS) is 20.2. The number of rotatable bonds is 4. The van der Waals surface area contributed by atoms with E-state index in [1.165, 1.54) is 5.56 Å². The Bertz CT molecular complexity index is 357. The first-order valence-corrected chi connectivity index (χ1v) is 6.65. The minimum Gasteiger partial charge on any atom is -0.329 e. The zero-order valence-electron chi connectivity index (χ0n) is 11.5. The molecule has 1 aromatic rings. The van der Waals surface area contributed by atoms with Crippen molar-refractivity contribution in [1.29, 1.82) is 0 Å². The second-order valence-electron chi connectivity index (χ2n) is 5.44. The molecule has 2 rings (SSSR count). The number of piperidine rings is 1. The largest absolute Gasteiger partial charge is 0.329 e. The predicted octanol–water partition coefficient (Wildman–Crippen LogP) is 0.937. The summed E-state index contributed by atoms with van der Waals surface area (Å²) < 4.78 is 0. The smallest absolute Gasteiger partial charge is 0.0356 e. The van der Waals surface area contributed by atoms with Crippen LogP contribution >= 0.6 is 0 Å². The molecule has 1 aliphatic rings. The zero-order chi connectivity index (χ0) is 13.0. The lowest BCUT2D eigenvalue weighted by molar-refractivity contribution is 0.0485. The Morgan fingerprint density at radius 2 is 1.94 bits per heavy atom. The summed E-state index contributed by atoms with van der Waals surface area (Å²) in [6, 6.07) is 4.16. The molecular weight excluding hydrogens is 224 g/mol. The number of likely N-dealkylation sites (tertiary alicyclic amines) is 1. The molecule has 0 bridgehead atoms. The van der Waals surface area contributed by atoms with Crippen LogP contribution in [0.3, 0.4) is 0 Å². The fourth-order valence-electron chi connectivity index (χ4n) is 2.71. The van der Waals surface area contributed by atoms with Crippen molar-refractivity contribution in [3.8, 4) is 0 Å². The van der Waals surface area contributed by atoms with Crippen molar-refractivity contribution < 1.29 is 0 Å². The van der Waals surface area contributed by atoms with Gasteiger partial charge in [0, 0.05) is 31.0 Å². The maximum atomic E-state index is 6.07. The van der Waals surface area contributed by atoms with Gasteiger partial charge >= 0.3 is 0 Å². The van der Waals surface area contributed by atoms with E-state index in [4.69, 9.17) is 5.73 Å². The van der Waals surface area contributed by atoms with Crippen molar-refractivity contribution in [3.63, 3.8) is 0 Å². The van der Waals surface area contributed by atoms with E-state index in [1.54, 1.807) is 0 Å². The Morgan fingerprint density at radius 1 is 1.33 bits per heavy atom. The van der Waals surface area contributed by atoms with Crippen LogP contribution in [0.1, 0.15) is 18.4 Å². The van der Waals surface area contributed by atoms with Gasteiger partial charge in [-0.1, -0.05) is 0 Å². The van der Waals surface area contributed by atoms with Gasteiger partial charge in [0.25, 0.3) is 0 Å². The van der Waals surface area contributed by atoms with E-state index in [-0.39, 0.29) is 5.54 Å². The fourth-order valence-corrected chi connectivity index (χ4v) is 2.71. The molecule has 1 aliphatic heterocycles. The SMILES string of the molecule is CN1CCC(CN)(N(C)Cc2ccncc2)CC1. The van der Waals surface area contributed by atoms with Gasteiger partial charge in [-0.05, 0) is 57.7 Å². The van der Waals surface area contributed by atoms with Crippen molar-refractivity contribution in [3.05, 3.63) is 30.1 Å². The Balaban J connectivity index is 2.03. The number of aromatic nitrogens is 1. The third-order valence-corrected chi connectivity index (χ3v) is 4.28. The van der Waals surface area contributed by atoms with Crippen LogP contribution < -0.4 is 5.73 Å². The van der Waals surface area contributed by atoms with Gasteiger partial charge in [-0.2, -0.15) is 0 Å². The highest BCUT2D eigenvalue weighted by molar-refractivity contribution is 5.10. The van der Waals surface area contributed by atoms with Gasteiger partial charge in [0.15, 0.2) is 0 Å². The van der Waals surface area contributed by atoms with Gasteiger partial charge in [-0.15, -0.1) is 0 Å². The Hall–Kier alpha value is -0.970. The van der Waals surface area contributed by atoms with Gasteiger partial charge in [-0.25, -0.2) is 0 Å². The van der Waals surface area contributed by atoms with Gasteiger partial charge in [-0.3, -0.25) is 9.88 Å². The number of nitrogens with zero attached hydrogens (tertiary/aromatic N) is 3. The predicted molar refractivity (Wildman–Crippen MR) is 74.2 cm³/mol. The Labute approximate surface area is 110 Å². The lowest BCUT2D eigenvalue weighted by Gasteiger charge is -2.46. The molecule has 1 aromatic heterocycles. The van der Waals surface area contributed by atoms with E-state index in [9.17, 15) is 0 Å². The molecule has 100 valence electrons. The average molecular weight is 248 g/mol. The molecular formula is C14H24N4. The highest BCUT2D eigenvalue weighted by Gasteiger charge is 2.35. The molecule has 1 saturated heterocycles. The summed E-state index contributed by atoms with van der Waals surface area (Å²) in [5.41, 5.74) is 7.53. The molecule has 1 fully saturated rings. The molecule has 0 aromatic carbocycles. The third-order valence-electron chi connectivity index (χ3n) is 4.28. The highest BCUT2D eigenvalue weighted by Crippen LogP contribution is 2.27. The van der Waals surface area contributed by atoms with Crippen LogP contribution in [0.2, 0.25) is 0 Å². The molecule has 4 nitrogen and oxygen atoms in total. The minimum atomic E-state index is 0.162. The van der Waals surface area contributed by atoms with Crippen molar-refractivity contribution in [1.82, 2.24) is 14.8 Å². The lowest BCUT2D eigenvalue weighted by atomic mass is 9.86. The van der Waals surface area contributed by atoms with Crippen molar-refractivity contribution in [2.24, 2.45) is 5.73 Å². The Kier molecular flexibility index (Phi) is 4.32. The van der Waals surface area contributed by atoms with E-state index >= 15 is 0 Å². The summed E-state index contributed by atoms with van der Waals surface area (Å²) in [6.45, 7) is 3.96. The maximum Gasteiger partial charge on any atom is 0.0356 e. The van der Waals surface area contributed by atoms with Crippen LogP contribution in [0.25, 0.3) is 0 Å². The summed E-state index contributed by atoms with van der Waals surface area (Å²) >= 11 is 0. The van der Waals surface area contributed by atoms with Crippen LogP contribution in [-0.2, 0) is 6.54 Å². The van der Waals surface area contributed by atoms with Gasteiger partial charge < -0.3 is 10.6 Å². The van der Waals surface area contributed by atoms with Gasteiger partial charge in [0.2, 0.25) is 0 Å². The van der Waals surface area contributed by atoms with Crippen molar-refractivity contribution in [2.45, 2.75) is 24.9 Å². The molecule has 0 atom stereocenters. The first kappa shape index (κ1) is 13.5. The molecule has 0 spiro atoms. The van der Waals surface area contributed by atoms with E-state index in [0.29, 0.717) is 0 Å². The summed E-state index contributed by atoms with van der Waals surface area (Å²) in [5, 5.41) is 0. The maximum absolute atomic E-state index is 6.07. The fraction of sp³-hybridized carbons (Fsp3) is 0.643. The number of hydrogen-bond acceptors (Lipinski definition) is 4. The molecule has 2 heterocycles. The number of nitrogens with two attached hydrogens (primary N) is 1. The van der Waals surface area contributed by atoms with Crippen LogP contribution in [0.4, 0.5) is 0 Å². The van der Waals surface area contributed by atoms with E-state index < -0.39 is 0 Å². The van der Waals surface area contributed by atoms with Gasteiger partial charge in [0.1, 0.15) is 0 Å². The molecule has 0 radical (unpaired) electrons. The van der Waals surface area contributed by atoms with Crippen LogP contribution in [0.15, 0.2) is 24.5 Å². The number of hydrogen-bond donors (Lipinski definition) is 1. The number of likely N-dealkylation sites (N-methyl/N-ethyl adjacent to an activating group) is 1. The van der Waals surface area contributed by atoms with Crippen molar-refractivity contribution >= 4 is 0 Å². The van der Waals surface area contributed by atoms with Crippen molar-refractivity contribution in [2.75, 3.05) is 33.7 Å². The molecule has 0 saturated carbocycles. The van der Waals surface area contributed by atoms with Gasteiger partial charge in [0.05, 0.1) is 0 Å². The standard InChI is InChI=1S/C14H24N4/c1-17-9-5-14(12-15,6-10-17)18(2)11-13-3-7-16-8-4-13/h3-4,7-8H,5-6,9-12,15H2,1-2H3. The molecule has 0 amide bonds. The first-order valence-electron chi connectivity index (χ1n) is 6.65. The first-order chi connectivity index (χ1) is 8.66. The van der Waals surface area contributed by atoms with E-state index in [2.05, 4.69) is 41.0 Å². The number of pyridine rings is 1. The summed E-state index contributed by atoms with van der Waals surface area (Å²) in [5.74, 6) is 0. The molecule has 2 N–H and O–H groups in total. The second-order valence-corrected chi connectivity index (χ2v) is 5.44. The molecule has 0 aliphatic carbocycles. The van der Waals surface area contributed by atoms with E-state index in [0.717, 1.165) is 39.0 Å². The minimum absolute atomic E-state index is 0.162.